The third kappa shape index (κ3) is 2.12. The monoisotopic (exact) mass is 231 g/mol. The largest absolute Gasteiger partial charge is 0.354 e. The lowest BCUT2D eigenvalue weighted by Gasteiger charge is -1.96. The van der Waals surface area contributed by atoms with Crippen molar-refractivity contribution < 1.29 is 0 Å². The molecule has 0 fully saturated rings. The van der Waals surface area contributed by atoms with Gasteiger partial charge in [-0.25, -0.2) is 14.9 Å². The van der Waals surface area contributed by atoms with Crippen LogP contribution in [0.1, 0.15) is 5.82 Å². The Morgan fingerprint density at radius 2 is 2.50 bits per heavy atom. The van der Waals surface area contributed by atoms with E-state index in [0.717, 1.165) is 0 Å². The highest BCUT2D eigenvalue weighted by molar-refractivity contribution is 7.19. The highest BCUT2D eigenvalue weighted by Gasteiger charge is 2.01. The summed E-state index contributed by atoms with van der Waals surface area (Å²) >= 11 is 7.01. The molecule has 0 bridgehead atoms. The molecule has 0 radical (unpaired) electrons. The van der Waals surface area contributed by atoms with Gasteiger partial charge in [-0.3, -0.25) is 4.98 Å². The summed E-state index contributed by atoms with van der Waals surface area (Å²) in [7, 11) is 0. The number of hydrogen-bond acceptors (Lipinski definition) is 5. The molecule has 0 unspecified atom stereocenters. The summed E-state index contributed by atoms with van der Waals surface area (Å²) in [6.45, 7) is 0.405. The summed E-state index contributed by atoms with van der Waals surface area (Å²) in [5.41, 5.74) is -0.320. The van der Waals surface area contributed by atoms with Crippen molar-refractivity contribution >= 4 is 28.1 Å². The Balaban J connectivity index is 1.98. The van der Waals surface area contributed by atoms with Crippen LogP contribution in [-0.4, -0.2) is 20.2 Å². The van der Waals surface area contributed by atoms with E-state index < -0.39 is 0 Å². The Morgan fingerprint density at radius 3 is 3.07 bits per heavy atom. The average molecular weight is 232 g/mol. The van der Waals surface area contributed by atoms with Crippen LogP contribution in [0.4, 0.5) is 5.13 Å². The number of H-pyrrole nitrogens is 2. The zero-order chi connectivity index (χ0) is 9.97. The maximum Gasteiger partial charge on any atom is 0.340 e. The van der Waals surface area contributed by atoms with Gasteiger partial charge < -0.3 is 5.32 Å². The van der Waals surface area contributed by atoms with Crippen LogP contribution in [0.3, 0.4) is 0 Å². The van der Waals surface area contributed by atoms with E-state index >= 15 is 0 Å². The molecule has 8 heteroatoms. The van der Waals surface area contributed by atoms with Gasteiger partial charge in [0.05, 0.1) is 12.7 Å². The molecule has 2 aromatic rings. The summed E-state index contributed by atoms with van der Waals surface area (Å²) in [4.78, 5) is 17.2. The van der Waals surface area contributed by atoms with Gasteiger partial charge in [-0.2, -0.15) is 5.10 Å². The van der Waals surface area contributed by atoms with Crippen molar-refractivity contribution in [3.63, 3.8) is 0 Å². The molecule has 0 aliphatic rings. The lowest BCUT2D eigenvalue weighted by molar-refractivity contribution is 0.951. The van der Waals surface area contributed by atoms with E-state index in [4.69, 9.17) is 11.6 Å². The zero-order valence-corrected chi connectivity index (χ0v) is 8.45. The third-order valence-electron chi connectivity index (χ3n) is 1.43. The Hall–Kier alpha value is -1.34. The van der Waals surface area contributed by atoms with Gasteiger partial charge in [0.1, 0.15) is 10.2 Å². The molecule has 0 atom stereocenters. The Bertz CT molecular complexity index is 474. The fourth-order valence-electron chi connectivity index (χ4n) is 0.884. The second-order valence-corrected chi connectivity index (χ2v) is 4.11. The third-order valence-corrected chi connectivity index (χ3v) is 2.51. The molecule has 0 aromatic carbocycles. The standard InChI is InChI=1S/C6H6ClN5OS/c7-3-1-8-6(14-3)9-2-4-10-5(13)12-11-4/h1H,2H2,(H,8,9)(H2,10,11,12,13). The number of nitrogens with one attached hydrogen (secondary N) is 3. The first-order chi connectivity index (χ1) is 6.74. The molecule has 6 nitrogen and oxygen atoms in total. The number of anilines is 1. The number of aromatic amines is 2. The van der Waals surface area contributed by atoms with Crippen molar-refractivity contribution in [2.45, 2.75) is 6.54 Å². The Labute approximate surface area is 87.3 Å². The van der Waals surface area contributed by atoms with Crippen LogP contribution in [0.2, 0.25) is 4.34 Å². The van der Waals surface area contributed by atoms with Gasteiger partial charge in [-0.1, -0.05) is 22.9 Å². The predicted molar refractivity (Wildman–Crippen MR) is 53.7 cm³/mol. The molecule has 0 spiro atoms. The number of nitrogens with zero attached hydrogens (tertiary/aromatic N) is 2. The quantitative estimate of drug-likeness (QED) is 0.730. The first kappa shape index (κ1) is 9.22. The lowest BCUT2D eigenvalue weighted by atomic mass is 10.6. The van der Waals surface area contributed by atoms with E-state index in [1.54, 1.807) is 6.20 Å². The second kappa shape index (κ2) is 3.81. The summed E-state index contributed by atoms with van der Waals surface area (Å²) < 4.78 is 0.614. The van der Waals surface area contributed by atoms with Crippen LogP contribution >= 0.6 is 22.9 Å². The van der Waals surface area contributed by atoms with Crippen LogP contribution in [0.15, 0.2) is 11.0 Å². The van der Waals surface area contributed by atoms with Gasteiger partial charge in [0.2, 0.25) is 0 Å². The molecule has 2 aromatic heterocycles. The first-order valence-electron chi connectivity index (χ1n) is 3.73. The topological polar surface area (TPSA) is 86.5 Å². The number of thiazole rings is 1. The molecular weight excluding hydrogens is 226 g/mol. The molecular formula is C6H6ClN5OS. The molecule has 0 saturated carbocycles. The fraction of sp³-hybridized carbons (Fsp3) is 0.167. The van der Waals surface area contributed by atoms with Gasteiger partial charge in [-0.15, -0.1) is 0 Å². The first-order valence-corrected chi connectivity index (χ1v) is 4.92. The van der Waals surface area contributed by atoms with Gasteiger partial charge in [-0.05, 0) is 0 Å². The SMILES string of the molecule is O=c1[nH]nc(CNc2ncc(Cl)s2)[nH]1. The van der Waals surface area contributed by atoms with Crippen molar-refractivity contribution in [2.75, 3.05) is 5.32 Å². The van der Waals surface area contributed by atoms with Crippen molar-refractivity contribution in [1.82, 2.24) is 20.2 Å². The molecule has 0 aliphatic carbocycles. The molecule has 0 saturated heterocycles. The van der Waals surface area contributed by atoms with E-state index in [1.807, 2.05) is 0 Å². The summed E-state index contributed by atoms with van der Waals surface area (Å²) in [5.74, 6) is 0.529. The number of aromatic nitrogens is 4. The Morgan fingerprint density at radius 1 is 1.64 bits per heavy atom. The van der Waals surface area contributed by atoms with Gasteiger partial charge in [0, 0.05) is 0 Å². The summed E-state index contributed by atoms with van der Waals surface area (Å²) in [6.07, 6.45) is 1.56. The minimum absolute atomic E-state index is 0.320. The lowest BCUT2D eigenvalue weighted by Crippen LogP contribution is -2.04. The summed E-state index contributed by atoms with van der Waals surface area (Å²) in [5, 5.41) is 9.65. The van der Waals surface area contributed by atoms with E-state index in [0.29, 0.717) is 21.8 Å². The number of halogens is 1. The van der Waals surface area contributed by atoms with Gasteiger partial charge >= 0.3 is 5.69 Å². The predicted octanol–water partition coefficient (Wildman–Crippen LogP) is 0.820. The smallest absolute Gasteiger partial charge is 0.340 e. The number of rotatable bonds is 3. The summed E-state index contributed by atoms with van der Waals surface area (Å²) in [6, 6.07) is 0. The van der Waals surface area contributed by atoms with E-state index in [1.165, 1.54) is 11.3 Å². The molecule has 0 amide bonds. The van der Waals surface area contributed by atoms with Gasteiger partial charge in [0.25, 0.3) is 0 Å². The average Bonchev–Trinajstić information content (AvgIpc) is 2.72. The minimum atomic E-state index is -0.320. The normalized spacial score (nSPS) is 10.4. The number of hydrogen-bond donors (Lipinski definition) is 3. The fourth-order valence-corrected chi connectivity index (χ4v) is 1.69. The van der Waals surface area contributed by atoms with E-state index in [2.05, 4.69) is 25.5 Å². The van der Waals surface area contributed by atoms with E-state index in [-0.39, 0.29) is 5.69 Å². The highest BCUT2D eigenvalue weighted by atomic mass is 35.5. The van der Waals surface area contributed by atoms with Crippen LogP contribution < -0.4 is 11.0 Å². The maximum absolute atomic E-state index is 10.7. The van der Waals surface area contributed by atoms with Crippen molar-refractivity contribution in [3.8, 4) is 0 Å². The van der Waals surface area contributed by atoms with E-state index in [9.17, 15) is 4.79 Å². The molecule has 3 N–H and O–H groups in total. The van der Waals surface area contributed by atoms with Crippen LogP contribution in [0.5, 0.6) is 0 Å². The minimum Gasteiger partial charge on any atom is -0.354 e. The zero-order valence-electron chi connectivity index (χ0n) is 6.87. The van der Waals surface area contributed by atoms with Crippen molar-refractivity contribution in [2.24, 2.45) is 0 Å². The molecule has 74 valence electrons. The van der Waals surface area contributed by atoms with Gasteiger partial charge in [0.15, 0.2) is 5.13 Å². The highest BCUT2D eigenvalue weighted by Crippen LogP contribution is 2.22. The Kier molecular flexibility index (Phi) is 2.51. The van der Waals surface area contributed by atoms with Crippen LogP contribution in [0.25, 0.3) is 0 Å². The maximum atomic E-state index is 10.7. The van der Waals surface area contributed by atoms with Crippen LogP contribution in [-0.2, 0) is 6.54 Å². The second-order valence-electron chi connectivity index (χ2n) is 2.45. The molecule has 2 heterocycles. The molecule has 0 aliphatic heterocycles. The molecule has 2 rings (SSSR count). The van der Waals surface area contributed by atoms with Crippen molar-refractivity contribution in [3.05, 3.63) is 26.8 Å². The molecule has 14 heavy (non-hydrogen) atoms. The van der Waals surface area contributed by atoms with Crippen LogP contribution in [0, 0.1) is 0 Å². The van der Waals surface area contributed by atoms with Crippen molar-refractivity contribution in [1.29, 1.82) is 0 Å².